The molecule has 2 saturated heterocycles. The fourth-order valence-corrected chi connectivity index (χ4v) is 6.03. The standard InChI is InChI=1S/C27H30N6O/c1-17-12-31(23-8-5-18(11-28)26-22(23)4-3-9-30-26)14-24-21-7-6-20(10-19(21)13-33(17)24)32-15-25(29)27(2,34)16-32/h3-10,17,24-25,34H,12-16,29H2,1-2H3/t17-,24-,25?,27?/m1/s1. The molecule has 0 radical (unpaired) electrons. The monoisotopic (exact) mass is 454 g/mol. The number of pyridine rings is 1. The van der Waals surface area contributed by atoms with Gasteiger partial charge in [-0.1, -0.05) is 6.07 Å². The third-order valence-corrected chi connectivity index (χ3v) is 7.98. The smallest absolute Gasteiger partial charge is 0.101 e. The van der Waals surface area contributed by atoms with E-state index in [1.807, 2.05) is 19.1 Å². The first-order valence-electron chi connectivity index (χ1n) is 12.0. The Hall–Kier alpha value is -3.18. The number of anilines is 2. The Kier molecular flexibility index (Phi) is 4.82. The van der Waals surface area contributed by atoms with Gasteiger partial charge < -0.3 is 20.6 Å². The van der Waals surface area contributed by atoms with Gasteiger partial charge in [0.1, 0.15) is 6.07 Å². The van der Waals surface area contributed by atoms with Crippen molar-refractivity contribution in [2.75, 3.05) is 36.0 Å². The molecule has 3 aliphatic heterocycles. The maximum Gasteiger partial charge on any atom is 0.101 e. The number of β-amino-alcohol motifs (C(OH)–C–C–N with tert-alkyl or cyclic N) is 1. The lowest BCUT2D eigenvalue weighted by Crippen LogP contribution is -2.51. The van der Waals surface area contributed by atoms with Gasteiger partial charge in [-0.05, 0) is 61.4 Å². The number of piperazine rings is 1. The predicted molar refractivity (Wildman–Crippen MR) is 134 cm³/mol. The predicted octanol–water partition coefficient (Wildman–Crippen LogP) is 2.77. The Bertz CT molecular complexity index is 1310. The maximum atomic E-state index is 10.5. The van der Waals surface area contributed by atoms with Gasteiger partial charge in [-0.2, -0.15) is 5.26 Å². The summed E-state index contributed by atoms with van der Waals surface area (Å²) < 4.78 is 0. The summed E-state index contributed by atoms with van der Waals surface area (Å²) in [5.41, 5.74) is 11.7. The molecule has 4 atom stereocenters. The molecule has 7 heteroatoms. The highest BCUT2D eigenvalue weighted by atomic mass is 16.3. The Labute approximate surface area is 200 Å². The number of aromatic nitrogens is 1. The molecule has 7 nitrogen and oxygen atoms in total. The van der Waals surface area contributed by atoms with Crippen molar-refractivity contribution >= 4 is 22.3 Å². The number of aliphatic hydroxyl groups is 1. The van der Waals surface area contributed by atoms with Crippen molar-refractivity contribution in [2.24, 2.45) is 5.73 Å². The van der Waals surface area contributed by atoms with Crippen LogP contribution in [0.1, 0.15) is 36.6 Å². The molecule has 0 saturated carbocycles. The van der Waals surface area contributed by atoms with Crippen LogP contribution >= 0.6 is 0 Å². The van der Waals surface area contributed by atoms with Crippen LogP contribution in [-0.4, -0.2) is 58.9 Å². The van der Waals surface area contributed by atoms with Gasteiger partial charge in [0.15, 0.2) is 0 Å². The molecule has 0 bridgehead atoms. The van der Waals surface area contributed by atoms with E-state index < -0.39 is 5.60 Å². The second-order valence-electron chi connectivity index (χ2n) is 10.3. The van der Waals surface area contributed by atoms with Gasteiger partial charge in [0.25, 0.3) is 0 Å². The zero-order valence-corrected chi connectivity index (χ0v) is 19.6. The third-order valence-electron chi connectivity index (χ3n) is 7.98. The van der Waals surface area contributed by atoms with E-state index in [0.717, 1.165) is 41.9 Å². The van der Waals surface area contributed by atoms with Crippen molar-refractivity contribution in [2.45, 2.75) is 44.1 Å². The van der Waals surface area contributed by atoms with E-state index in [1.165, 1.54) is 11.1 Å². The summed E-state index contributed by atoms with van der Waals surface area (Å²) >= 11 is 0. The van der Waals surface area contributed by atoms with Gasteiger partial charge in [0.05, 0.1) is 28.8 Å². The SMILES string of the molecule is C[C@@H]1CN(c2ccc(C#N)c3ncccc23)C[C@@H]2c3ccc(N4CC(N)C(C)(O)C4)cc3CN12. The Morgan fingerprint density at radius 3 is 2.76 bits per heavy atom. The normalized spacial score (nSPS) is 28.7. The number of nitriles is 1. The quantitative estimate of drug-likeness (QED) is 0.615. The highest BCUT2D eigenvalue weighted by Crippen LogP contribution is 2.42. The molecular weight excluding hydrogens is 424 g/mol. The first-order chi connectivity index (χ1) is 16.4. The molecule has 174 valence electrons. The van der Waals surface area contributed by atoms with Crippen LogP contribution in [0.25, 0.3) is 10.9 Å². The van der Waals surface area contributed by atoms with Crippen molar-refractivity contribution in [1.82, 2.24) is 9.88 Å². The third kappa shape index (κ3) is 3.25. The molecule has 34 heavy (non-hydrogen) atoms. The Balaban J connectivity index is 1.32. The molecule has 3 N–H and O–H groups in total. The van der Waals surface area contributed by atoms with E-state index in [0.29, 0.717) is 30.7 Å². The zero-order valence-electron chi connectivity index (χ0n) is 19.6. The maximum absolute atomic E-state index is 10.5. The Morgan fingerprint density at radius 2 is 2.00 bits per heavy atom. The van der Waals surface area contributed by atoms with Gasteiger partial charge in [-0.15, -0.1) is 0 Å². The number of fused-ring (bicyclic) bond motifs is 4. The molecule has 4 heterocycles. The van der Waals surface area contributed by atoms with Crippen LogP contribution in [-0.2, 0) is 6.54 Å². The fraction of sp³-hybridized carbons (Fsp3) is 0.407. The highest BCUT2D eigenvalue weighted by molar-refractivity contribution is 5.95. The number of nitrogens with two attached hydrogens (primary N) is 1. The van der Waals surface area contributed by atoms with Crippen LogP contribution in [0.3, 0.4) is 0 Å². The summed E-state index contributed by atoms with van der Waals surface area (Å²) in [4.78, 5) is 11.8. The number of rotatable bonds is 2. The number of hydrogen-bond acceptors (Lipinski definition) is 7. The van der Waals surface area contributed by atoms with Crippen molar-refractivity contribution in [1.29, 1.82) is 5.26 Å². The summed E-state index contributed by atoms with van der Waals surface area (Å²) in [6.07, 6.45) is 1.75. The van der Waals surface area contributed by atoms with E-state index in [1.54, 1.807) is 6.20 Å². The molecule has 2 unspecified atom stereocenters. The topological polar surface area (TPSA) is 92.7 Å². The second kappa shape index (κ2) is 7.67. The summed E-state index contributed by atoms with van der Waals surface area (Å²) in [6.45, 7) is 8.12. The van der Waals surface area contributed by atoms with Crippen LogP contribution in [0.15, 0.2) is 48.7 Å². The second-order valence-corrected chi connectivity index (χ2v) is 10.3. The lowest BCUT2D eigenvalue weighted by molar-refractivity contribution is 0.0674. The van der Waals surface area contributed by atoms with Crippen molar-refractivity contribution in [3.8, 4) is 6.07 Å². The fourth-order valence-electron chi connectivity index (χ4n) is 6.03. The van der Waals surface area contributed by atoms with Gasteiger partial charge >= 0.3 is 0 Å². The number of benzene rings is 2. The molecular formula is C27H30N6O. The minimum absolute atomic E-state index is 0.239. The van der Waals surface area contributed by atoms with Crippen LogP contribution in [0.5, 0.6) is 0 Å². The highest BCUT2D eigenvalue weighted by Gasteiger charge is 2.41. The van der Waals surface area contributed by atoms with Gasteiger partial charge in [0, 0.05) is 61.7 Å². The van der Waals surface area contributed by atoms with Gasteiger partial charge in [-0.25, -0.2) is 0 Å². The van der Waals surface area contributed by atoms with Gasteiger partial charge in [0.2, 0.25) is 0 Å². The number of hydrogen-bond donors (Lipinski definition) is 2. The van der Waals surface area contributed by atoms with E-state index in [-0.39, 0.29) is 6.04 Å². The van der Waals surface area contributed by atoms with E-state index in [9.17, 15) is 10.4 Å². The van der Waals surface area contributed by atoms with Crippen LogP contribution < -0.4 is 15.5 Å². The van der Waals surface area contributed by atoms with Crippen LogP contribution in [0.4, 0.5) is 11.4 Å². The average molecular weight is 455 g/mol. The zero-order chi connectivity index (χ0) is 23.6. The van der Waals surface area contributed by atoms with Crippen molar-refractivity contribution in [3.63, 3.8) is 0 Å². The summed E-state index contributed by atoms with van der Waals surface area (Å²) in [5.74, 6) is 0. The first kappa shape index (κ1) is 21.4. The molecule has 2 fully saturated rings. The largest absolute Gasteiger partial charge is 0.387 e. The van der Waals surface area contributed by atoms with Crippen LogP contribution in [0.2, 0.25) is 0 Å². The molecule has 0 aliphatic carbocycles. The molecule has 2 aromatic carbocycles. The van der Waals surface area contributed by atoms with Crippen molar-refractivity contribution in [3.05, 3.63) is 65.4 Å². The lowest BCUT2D eigenvalue weighted by atomic mass is 9.99. The molecule has 0 spiro atoms. The van der Waals surface area contributed by atoms with Crippen LogP contribution in [0, 0.1) is 11.3 Å². The molecule has 6 rings (SSSR count). The van der Waals surface area contributed by atoms with E-state index >= 15 is 0 Å². The lowest BCUT2D eigenvalue weighted by Gasteiger charge is -2.43. The molecule has 0 amide bonds. The summed E-state index contributed by atoms with van der Waals surface area (Å²) in [6, 6.07) is 17.5. The summed E-state index contributed by atoms with van der Waals surface area (Å²) in [5, 5.41) is 21.1. The van der Waals surface area contributed by atoms with Gasteiger partial charge in [-0.3, -0.25) is 9.88 Å². The number of nitrogens with zero attached hydrogens (tertiary/aromatic N) is 5. The Morgan fingerprint density at radius 1 is 1.15 bits per heavy atom. The molecule has 1 aromatic heterocycles. The molecule has 3 aromatic rings. The minimum atomic E-state index is -0.857. The molecule has 3 aliphatic rings. The average Bonchev–Trinajstić information content (AvgIpc) is 3.34. The summed E-state index contributed by atoms with van der Waals surface area (Å²) in [7, 11) is 0. The minimum Gasteiger partial charge on any atom is -0.387 e. The van der Waals surface area contributed by atoms with E-state index in [2.05, 4.69) is 63.0 Å². The first-order valence-corrected chi connectivity index (χ1v) is 12.0. The van der Waals surface area contributed by atoms with E-state index in [4.69, 9.17) is 5.73 Å². The van der Waals surface area contributed by atoms with Crippen molar-refractivity contribution < 1.29 is 5.11 Å².